The van der Waals surface area contributed by atoms with Crippen molar-refractivity contribution in [3.8, 4) is 5.75 Å². The molecule has 21 heavy (non-hydrogen) atoms. The number of hydrogen-bond acceptors (Lipinski definition) is 3. The molecule has 0 heterocycles. The zero-order valence-electron chi connectivity index (χ0n) is 11.8. The fourth-order valence-electron chi connectivity index (χ4n) is 1.90. The first-order chi connectivity index (χ1) is 10.0. The molecule has 0 bridgehead atoms. The molecule has 0 aliphatic carbocycles. The van der Waals surface area contributed by atoms with E-state index < -0.39 is 11.6 Å². The highest BCUT2D eigenvalue weighted by Gasteiger charge is 2.12. The van der Waals surface area contributed by atoms with Crippen LogP contribution in [-0.4, -0.2) is 26.5 Å². The van der Waals surface area contributed by atoms with E-state index in [9.17, 15) is 13.6 Å². The maximum atomic E-state index is 13.1. The molecular weight excluding hydrogens is 276 g/mol. The van der Waals surface area contributed by atoms with Crippen molar-refractivity contribution in [2.45, 2.75) is 0 Å². The molecule has 110 valence electrons. The van der Waals surface area contributed by atoms with Gasteiger partial charge < -0.3 is 9.64 Å². The van der Waals surface area contributed by atoms with Gasteiger partial charge in [0.25, 0.3) is 0 Å². The quantitative estimate of drug-likeness (QED) is 0.792. The number of likely N-dealkylation sites (N-methyl/N-ethyl adjacent to an activating group) is 1. The SMILES string of the molecule is COc1ccc(N(C)CC(=O)c2ccc(F)c(F)c2)cc1. The van der Waals surface area contributed by atoms with Crippen LogP contribution < -0.4 is 9.64 Å². The van der Waals surface area contributed by atoms with E-state index in [1.807, 2.05) is 12.1 Å². The van der Waals surface area contributed by atoms with Crippen LogP contribution in [0.5, 0.6) is 5.75 Å². The number of nitrogens with zero attached hydrogens (tertiary/aromatic N) is 1. The van der Waals surface area contributed by atoms with Crippen LogP contribution in [0.1, 0.15) is 10.4 Å². The average molecular weight is 291 g/mol. The highest BCUT2D eigenvalue weighted by atomic mass is 19.2. The Labute approximate surface area is 121 Å². The number of carbonyl (C=O) groups is 1. The number of carbonyl (C=O) groups excluding carboxylic acids is 1. The second-order valence-corrected chi connectivity index (χ2v) is 4.61. The first kappa shape index (κ1) is 15.0. The van der Waals surface area contributed by atoms with Gasteiger partial charge in [-0.15, -0.1) is 0 Å². The second kappa shape index (κ2) is 6.35. The minimum atomic E-state index is -1.02. The lowest BCUT2D eigenvalue weighted by Gasteiger charge is -2.18. The minimum Gasteiger partial charge on any atom is -0.497 e. The van der Waals surface area contributed by atoms with Gasteiger partial charge in [-0.25, -0.2) is 8.78 Å². The van der Waals surface area contributed by atoms with E-state index in [0.29, 0.717) is 0 Å². The van der Waals surface area contributed by atoms with Gasteiger partial charge in [0.1, 0.15) is 5.75 Å². The van der Waals surface area contributed by atoms with Crippen LogP contribution in [0.4, 0.5) is 14.5 Å². The van der Waals surface area contributed by atoms with Crippen molar-refractivity contribution in [3.63, 3.8) is 0 Å². The number of ether oxygens (including phenoxy) is 1. The van der Waals surface area contributed by atoms with Crippen LogP contribution in [-0.2, 0) is 0 Å². The smallest absolute Gasteiger partial charge is 0.182 e. The van der Waals surface area contributed by atoms with E-state index in [1.54, 1.807) is 31.2 Å². The molecule has 0 aliphatic rings. The standard InChI is InChI=1S/C16H15F2NO2/c1-19(12-4-6-13(21-2)7-5-12)10-16(20)11-3-8-14(17)15(18)9-11/h3-9H,10H2,1-2H3. The summed E-state index contributed by atoms with van der Waals surface area (Å²) >= 11 is 0. The van der Waals surface area contributed by atoms with E-state index >= 15 is 0 Å². The lowest BCUT2D eigenvalue weighted by molar-refractivity contribution is 0.1000. The summed E-state index contributed by atoms with van der Waals surface area (Å²) in [5.74, 6) is -1.55. The molecule has 2 rings (SSSR count). The largest absolute Gasteiger partial charge is 0.497 e. The van der Waals surface area contributed by atoms with Crippen LogP contribution in [0.2, 0.25) is 0 Å². The summed E-state index contributed by atoms with van der Waals surface area (Å²) in [5, 5.41) is 0. The normalized spacial score (nSPS) is 10.3. The van der Waals surface area contributed by atoms with Crippen molar-refractivity contribution < 1.29 is 18.3 Å². The highest BCUT2D eigenvalue weighted by Crippen LogP contribution is 2.18. The monoisotopic (exact) mass is 291 g/mol. The molecule has 0 N–H and O–H groups in total. The Morgan fingerprint density at radius 1 is 1.10 bits per heavy atom. The third kappa shape index (κ3) is 3.56. The molecular formula is C16H15F2NO2. The molecule has 2 aromatic rings. The van der Waals surface area contributed by atoms with Gasteiger partial charge in [-0.2, -0.15) is 0 Å². The number of hydrogen-bond donors (Lipinski definition) is 0. The fourth-order valence-corrected chi connectivity index (χ4v) is 1.90. The van der Waals surface area contributed by atoms with Gasteiger partial charge in [-0.3, -0.25) is 4.79 Å². The minimum absolute atomic E-state index is 0.0669. The number of halogens is 2. The van der Waals surface area contributed by atoms with Crippen LogP contribution in [0.15, 0.2) is 42.5 Å². The predicted octanol–water partition coefficient (Wildman–Crippen LogP) is 3.29. The molecule has 2 aromatic carbocycles. The first-order valence-electron chi connectivity index (χ1n) is 6.34. The number of Topliss-reactive ketones (excluding diaryl/α,β-unsaturated/α-hetero) is 1. The summed E-state index contributed by atoms with van der Waals surface area (Å²) in [4.78, 5) is 13.8. The van der Waals surface area contributed by atoms with Gasteiger partial charge in [0.2, 0.25) is 0 Å². The molecule has 0 unspecified atom stereocenters. The van der Waals surface area contributed by atoms with E-state index in [-0.39, 0.29) is 17.9 Å². The molecule has 3 nitrogen and oxygen atoms in total. The number of rotatable bonds is 5. The maximum absolute atomic E-state index is 13.1. The summed E-state index contributed by atoms with van der Waals surface area (Å²) < 4.78 is 31.0. The average Bonchev–Trinajstić information content (AvgIpc) is 2.50. The summed E-state index contributed by atoms with van der Waals surface area (Å²) in [7, 11) is 3.32. The Balaban J connectivity index is 2.08. The number of benzene rings is 2. The van der Waals surface area contributed by atoms with Crippen molar-refractivity contribution in [2.24, 2.45) is 0 Å². The Bertz CT molecular complexity index is 641. The van der Waals surface area contributed by atoms with Crippen molar-refractivity contribution in [1.82, 2.24) is 0 Å². The zero-order valence-corrected chi connectivity index (χ0v) is 11.8. The lowest BCUT2D eigenvalue weighted by Crippen LogP contribution is -2.25. The topological polar surface area (TPSA) is 29.5 Å². The van der Waals surface area contributed by atoms with Gasteiger partial charge in [0.15, 0.2) is 17.4 Å². The Kier molecular flexibility index (Phi) is 4.52. The van der Waals surface area contributed by atoms with Crippen molar-refractivity contribution >= 4 is 11.5 Å². The molecule has 0 saturated carbocycles. The Morgan fingerprint density at radius 3 is 2.33 bits per heavy atom. The van der Waals surface area contributed by atoms with E-state index in [2.05, 4.69) is 0 Å². The van der Waals surface area contributed by atoms with Crippen LogP contribution in [0, 0.1) is 11.6 Å². The molecule has 0 fully saturated rings. The number of methoxy groups -OCH3 is 1. The third-order valence-electron chi connectivity index (χ3n) is 3.14. The molecule has 5 heteroatoms. The van der Waals surface area contributed by atoms with Crippen molar-refractivity contribution in [3.05, 3.63) is 59.7 Å². The summed E-state index contributed by atoms with van der Waals surface area (Å²) in [6.45, 7) is 0.0669. The molecule has 0 aromatic heterocycles. The zero-order chi connectivity index (χ0) is 15.4. The first-order valence-corrected chi connectivity index (χ1v) is 6.34. The summed E-state index contributed by atoms with van der Waals surface area (Å²) in [5.41, 5.74) is 0.973. The van der Waals surface area contributed by atoms with E-state index in [1.165, 1.54) is 6.07 Å². The second-order valence-electron chi connectivity index (χ2n) is 4.61. The summed E-state index contributed by atoms with van der Waals surface area (Å²) in [6, 6.07) is 10.4. The van der Waals surface area contributed by atoms with Crippen molar-refractivity contribution in [1.29, 1.82) is 0 Å². The predicted molar refractivity (Wildman–Crippen MR) is 77.0 cm³/mol. The van der Waals surface area contributed by atoms with Crippen LogP contribution in [0.3, 0.4) is 0 Å². The molecule has 0 amide bonds. The third-order valence-corrected chi connectivity index (χ3v) is 3.14. The van der Waals surface area contributed by atoms with Crippen molar-refractivity contribution in [2.75, 3.05) is 25.6 Å². The van der Waals surface area contributed by atoms with Gasteiger partial charge in [-0.1, -0.05) is 0 Å². The molecule has 0 atom stereocenters. The Hall–Kier alpha value is -2.43. The van der Waals surface area contributed by atoms with Gasteiger partial charge in [0, 0.05) is 18.3 Å². The molecule has 0 radical (unpaired) electrons. The number of anilines is 1. The molecule has 0 aliphatic heterocycles. The number of ketones is 1. The van der Waals surface area contributed by atoms with E-state index in [0.717, 1.165) is 23.6 Å². The molecule has 0 saturated heterocycles. The van der Waals surface area contributed by atoms with Gasteiger partial charge in [-0.05, 0) is 42.5 Å². The van der Waals surface area contributed by atoms with Gasteiger partial charge >= 0.3 is 0 Å². The maximum Gasteiger partial charge on any atom is 0.182 e. The van der Waals surface area contributed by atoms with Gasteiger partial charge in [0.05, 0.1) is 13.7 Å². The Morgan fingerprint density at radius 2 is 1.76 bits per heavy atom. The fraction of sp³-hybridized carbons (Fsp3) is 0.188. The summed E-state index contributed by atoms with van der Waals surface area (Å²) in [6.07, 6.45) is 0. The van der Waals surface area contributed by atoms with Crippen LogP contribution >= 0.6 is 0 Å². The molecule has 0 spiro atoms. The lowest BCUT2D eigenvalue weighted by atomic mass is 10.1. The van der Waals surface area contributed by atoms with Crippen LogP contribution in [0.25, 0.3) is 0 Å². The highest BCUT2D eigenvalue weighted by molar-refractivity contribution is 5.99. The van der Waals surface area contributed by atoms with E-state index in [4.69, 9.17) is 4.74 Å².